The fourth-order valence-electron chi connectivity index (χ4n) is 3.74. The number of benzene rings is 1. The molecule has 3 heterocycles. The number of nitrogens with zero attached hydrogens (tertiary/aromatic N) is 3. The largest absolute Gasteiger partial charge is 0.440 e. The summed E-state index contributed by atoms with van der Waals surface area (Å²) in [7, 11) is 0. The van der Waals surface area contributed by atoms with Gasteiger partial charge >= 0.3 is 0 Å². The highest BCUT2D eigenvalue weighted by Gasteiger charge is 2.23. The monoisotopic (exact) mass is 509 g/mol. The molecule has 3 aromatic heterocycles. The molecule has 192 valence electrons. The van der Waals surface area contributed by atoms with Crippen LogP contribution < -0.4 is 10.6 Å². The van der Waals surface area contributed by atoms with Gasteiger partial charge in [0.15, 0.2) is 11.7 Å². The maximum Gasteiger partial charge on any atom is 0.268 e. The van der Waals surface area contributed by atoms with Crippen LogP contribution in [0.1, 0.15) is 62.7 Å². The number of aryl methyl sites for hydroxylation is 1. The van der Waals surface area contributed by atoms with E-state index in [0.717, 1.165) is 21.5 Å². The van der Waals surface area contributed by atoms with Crippen LogP contribution in [-0.2, 0) is 13.1 Å². The Bertz CT molecular complexity index is 1370. The fraction of sp³-hybridized carbons (Fsp3) is 0.444. The Balaban J connectivity index is 1.60. The third kappa shape index (κ3) is 6.03. The molecule has 0 fully saturated rings. The van der Waals surface area contributed by atoms with Crippen LogP contribution in [0.2, 0.25) is 0 Å². The summed E-state index contributed by atoms with van der Waals surface area (Å²) < 4.78 is 7.43. The Morgan fingerprint density at radius 3 is 2.58 bits per heavy atom. The Morgan fingerprint density at radius 2 is 1.94 bits per heavy atom. The van der Waals surface area contributed by atoms with E-state index in [2.05, 4.69) is 49.4 Å². The van der Waals surface area contributed by atoms with Gasteiger partial charge in [-0.25, -0.2) is 9.97 Å². The lowest BCUT2D eigenvalue weighted by molar-refractivity contribution is 0.0630. The van der Waals surface area contributed by atoms with Crippen LogP contribution in [0.5, 0.6) is 0 Å². The average molecular weight is 510 g/mol. The summed E-state index contributed by atoms with van der Waals surface area (Å²) in [6.07, 6.45) is 1.65. The standard InChI is InChI=1S/C27H35N5O3S/c1-16(26(3,4)5)28-13-18-8-9-20-19(12-18)30-25(32(20)15-27(6,7)34)31-24(33)23-11-10-22(36-23)21-14-29-17(2)35-21/h8-12,14,16,28,34H,13,15H2,1-7H3,(H,30,31,33)/t16-/m1/s1. The normalized spacial score (nSPS) is 13.3. The average Bonchev–Trinajstić information content (AvgIpc) is 3.49. The molecule has 0 aliphatic carbocycles. The second-order valence-electron chi connectivity index (χ2n) is 11.0. The number of oxazole rings is 1. The molecule has 1 amide bonds. The second kappa shape index (κ2) is 9.80. The van der Waals surface area contributed by atoms with Crippen LogP contribution in [0, 0.1) is 12.3 Å². The third-order valence-corrected chi connectivity index (χ3v) is 7.29. The maximum absolute atomic E-state index is 13.1. The number of carbonyl (C=O) groups is 1. The van der Waals surface area contributed by atoms with Crippen molar-refractivity contribution in [3.63, 3.8) is 0 Å². The number of amides is 1. The SMILES string of the molecule is Cc1ncc(-c2ccc(C(=O)Nc3nc4cc(CN[C@H](C)C(C)(C)C)ccc4n3CC(C)(C)O)s2)o1. The number of hydrogen-bond acceptors (Lipinski definition) is 7. The number of thiophene rings is 1. The molecule has 0 unspecified atom stereocenters. The molecule has 1 aromatic carbocycles. The van der Waals surface area contributed by atoms with Gasteiger partial charge in [0.25, 0.3) is 5.91 Å². The van der Waals surface area contributed by atoms with E-state index in [-0.39, 0.29) is 17.9 Å². The molecule has 9 heteroatoms. The van der Waals surface area contributed by atoms with Crippen LogP contribution in [-0.4, -0.2) is 37.2 Å². The first-order valence-electron chi connectivity index (χ1n) is 12.1. The van der Waals surface area contributed by atoms with E-state index < -0.39 is 5.60 Å². The number of imidazole rings is 1. The first-order valence-corrected chi connectivity index (χ1v) is 12.9. The van der Waals surface area contributed by atoms with Gasteiger partial charge < -0.3 is 19.4 Å². The van der Waals surface area contributed by atoms with Crippen molar-refractivity contribution >= 4 is 34.2 Å². The van der Waals surface area contributed by atoms with Crippen LogP contribution in [0.4, 0.5) is 5.95 Å². The quantitative estimate of drug-likeness (QED) is 0.285. The van der Waals surface area contributed by atoms with E-state index in [1.165, 1.54) is 11.3 Å². The molecule has 1 atom stereocenters. The van der Waals surface area contributed by atoms with Gasteiger partial charge in [-0.2, -0.15) is 0 Å². The highest BCUT2D eigenvalue weighted by atomic mass is 32.1. The molecule has 3 N–H and O–H groups in total. The van der Waals surface area contributed by atoms with Crippen LogP contribution in [0.3, 0.4) is 0 Å². The summed E-state index contributed by atoms with van der Waals surface area (Å²) in [6.45, 7) is 15.1. The molecule has 0 saturated carbocycles. The molecule has 4 aromatic rings. The number of rotatable bonds is 8. The molecular formula is C27H35N5O3S. The number of nitrogens with one attached hydrogen (secondary N) is 2. The molecule has 0 saturated heterocycles. The number of anilines is 1. The molecule has 8 nitrogen and oxygen atoms in total. The molecule has 0 radical (unpaired) electrons. The van der Waals surface area contributed by atoms with Crippen molar-refractivity contribution in [3.8, 4) is 10.6 Å². The lowest BCUT2D eigenvalue weighted by Crippen LogP contribution is -2.37. The van der Waals surface area contributed by atoms with Crippen molar-refractivity contribution in [2.45, 2.75) is 73.2 Å². The first kappa shape index (κ1) is 26.1. The minimum Gasteiger partial charge on any atom is -0.440 e. The van der Waals surface area contributed by atoms with Crippen molar-refractivity contribution in [1.29, 1.82) is 0 Å². The predicted octanol–water partition coefficient (Wildman–Crippen LogP) is 5.61. The number of fused-ring (bicyclic) bond motifs is 1. The Kier molecular flexibility index (Phi) is 7.10. The van der Waals surface area contributed by atoms with E-state index in [9.17, 15) is 9.90 Å². The van der Waals surface area contributed by atoms with Crippen molar-refractivity contribution in [3.05, 3.63) is 52.9 Å². The Labute approximate surface area is 215 Å². The van der Waals surface area contributed by atoms with Gasteiger partial charge in [0.2, 0.25) is 5.95 Å². The lowest BCUT2D eigenvalue weighted by Gasteiger charge is -2.28. The van der Waals surface area contributed by atoms with Crippen LogP contribution in [0.15, 0.2) is 40.9 Å². The van der Waals surface area contributed by atoms with Gasteiger partial charge in [-0.15, -0.1) is 11.3 Å². The number of carbonyl (C=O) groups excluding carboxylic acids is 1. The zero-order valence-electron chi connectivity index (χ0n) is 22.0. The summed E-state index contributed by atoms with van der Waals surface area (Å²) in [5.74, 6) is 1.34. The lowest BCUT2D eigenvalue weighted by atomic mass is 9.88. The van der Waals surface area contributed by atoms with Gasteiger partial charge in [-0.05, 0) is 56.0 Å². The van der Waals surface area contributed by atoms with Crippen LogP contribution in [0.25, 0.3) is 21.7 Å². The highest BCUT2D eigenvalue weighted by molar-refractivity contribution is 7.17. The topological polar surface area (TPSA) is 105 Å². The van der Waals surface area contributed by atoms with E-state index in [4.69, 9.17) is 9.40 Å². The highest BCUT2D eigenvalue weighted by Crippen LogP contribution is 2.30. The van der Waals surface area contributed by atoms with Gasteiger partial charge in [-0.3, -0.25) is 10.1 Å². The van der Waals surface area contributed by atoms with Crippen molar-refractivity contribution in [2.75, 3.05) is 5.32 Å². The van der Waals surface area contributed by atoms with Crippen molar-refractivity contribution < 1.29 is 14.3 Å². The van der Waals surface area contributed by atoms with E-state index in [1.54, 1.807) is 33.0 Å². The van der Waals surface area contributed by atoms with Gasteiger partial charge in [0.05, 0.1) is 39.1 Å². The number of hydrogen-bond donors (Lipinski definition) is 3. The number of aliphatic hydroxyl groups is 1. The molecule has 0 bridgehead atoms. The fourth-order valence-corrected chi connectivity index (χ4v) is 4.58. The smallest absolute Gasteiger partial charge is 0.268 e. The van der Waals surface area contributed by atoms with E-state index >= 15 is 0 Å². The van der Waals surface area contributed by atoms with Gasteiger partial charge in [-0.1, -0.05) is 26.8 Å². The van der Waals surface area contributed by atoms with E-state index in [1.807, 2.05) is 22.8 Å². The molecule has 36 heavy (non-hydrogen) atoms. The van der Waals surface area contributed by atoms with Gasteiger partial charge in [0, 0.05) is 19.5 Å². The molecule has 0 aliphatic heterocycles. The summed E-state index contributed by atoms with van der Waals surface area (Å²) >= 11 is 1.33. The number of aromatic nitrogens is 3. The predicted molar refractivity (Wildman–Crippen MR) is 144 cm³/mol. The first-order chi connectivity index (χ1) is 16.8. The van der Waals surface area contributed by atoms with Crippen molar-refractivity contribution in [1.82, 2.24) is 19.9 Å². The summed E-state index contributed by atoms with van der Waals surface area (Å²) in [4.78, 5) is 23.3. The Morgan fingerprint density at radius 1 is 1.19 bits per heavy atom. The molecule has 0 aliphatic rings. The third-order valence-electron chi connectivity index (χ3n) is 6.19. The molecule has 0 spiro atoms. The zero-order chi connectivity index (χ0) is 26.3. The maximum atomic E-state index is 13.1. The summed E-state index contributed by atoms with van der Waals surface area (Å²) in [6, 6.07) is 10.0. The minimum atomic E-state index is -0.990. The summed E-state index contributed by atoms with van der Waals surface area (Å²) in [5, 5.41) is 17.1. The molecular weight excluding hydrogens is 474 g/mol. The minimum absolute atomic E-state index is 0.157. The summed E-state index contributed by atoms with van der Waals surface area (Å²) in [5.41, 5.74) is 1.89. The van der Waals surface area contributed by atoms with Crippen LogP contribution >= 0.6 is 11.3 Å². The Hall–Kier alpha value is -3.01. The van der Waals surface area contributed by atoms with Crippen molar-refractivity contribution in [2.24, 2.45) is 5.41 Å². The van der Waals surface area contributed by atoms with Gasteiger partial charge in [0.1, 0.15) is 0 Å². The van der Waals surface area contributed by atoms with E-state index in [0.29, 0.717) is 35.1 Å². The zero-order valence-corrected chi connectivity index (χ0v) is 22.8. The molecule has 4 rings (SSSR count). The second-order valence-corrected chi connectivity index (χ2v) is 12.1.